The van der Waals surface area contributed by atoms with Crippen molar-refractivity contribution in [3.8, 4) is 0 Å². The summed E-state index contributed by atoms with van der Waals surface area (Å²) in [4.78, 5) is 10.6. The molecule has 0 unspecified atom stereocenters. The second-order valence-electron chi connectivity index (χ2n) is 5.15. The van der Waals surface area contributed by atoms with E-state index in [-0.39, 0.29) is 6.42 Å². The summed E-state index contributed by atoms with van der Waals surface area (Å²) < 4.78 is 0. The van der Waals surface area contributed by atoms with Crippen molar-refractivity contribution in [3.05, 3.63) is 95.6 Å². The van der Waals surface area contributed by atoms with Gasteiger partial charge >= 0.3 is 5.97 Å². The fourth-order valence-corrected chi connectivity index (χ4v) is 2.13. The summed E-state index contributed by atoms with van der Waals surface area (Å²) in [6.45, 7) is 0. The van der Waals surface area contributed by atoms with Gasteiger partial charge in [-0.1, -0.05) is 91.1 Å². The molecule has 2 rings (SSSR count). The van der Waals surface area contributed by atoms with Gasteiger partial charge < -0.3 is 5.11 Å². The molecule has 23 heavy (non-hydrogen) atoms. The third-order valence-electron chi connectivity index (χ3n) is 3.29. The maximum absolute atomic E-state index is 10.6. The lowest BCUT2D eigenvalue weighted by molar-refractivity contribution is -0.136. The predicted molar refractivity (Wildman–Crippen MR) is 96.0 cm³/mol. The first-order chi connectivity index (χ1) is 11.2. The number of aliphatic carboxylic acids is 1. The molecule has 0 amide bonds. The van der Waals surface area contributed by atoms with Crippen molar-refractivity contribution in [2.75, 3.05) is 0 Å². The Bertz CT molecular complexity index is 710. The number of carbonyl (C=O) groups is 1. The fourth-order valence-electron chi connectivity index (χ4n) is 2.13. The van der Waals surface area contributed by atoms with Gasteiger partial charge in [0, 0.05) is 6.42 Å². The van der Waals surface area contributed by atoms with Gasteiger partial charge in [0.05, 0.1) is 0 Å². The van der Waals surface area contributed by atoms with E-state index < -0.39 is 5.97 Å². The topological polar surface area (TPSA) is 37.3 Å². The standard InChI is InChI=1S/C21H20O2/c22-21(23)16-15-20-14-8-13-19(17-20)12-5-2-1-4-9-18-10-6-3-7-11-18/h1-14,17H,15-16H2,(H,22,23). The normalized spacial score (nSPS) is 11.7. The first-order valence-corrected chi connectivity index (χ1v) is 7.61. The first-order valence-electron chi connectivity index (χ1n) is 7.61. The van der Waals surface area contributed by atoms with Crippen molar-refractivity contribution in [2.45, 2.75) is 12.8 Å². The highest BCUT2D eigenvalue weighted by Crippen LogP contribution is 2.09. The molecule has 0 atom stereocenters. The molecule has 0 aliphatic heterocycles. The van der Waals surface area contributed by atoms with Gasteiger partial charge in [0.2, 0.25) is 0 Å². The van der Waals surface area contributed by atoms with Gasteiger partial charge in [-0.2, -0.15) is 0 Å². The molecular formula is C21H20O2. The van der Waals surface area contributed by atoms with Crippen molar-refractivity contribution in [2.24, 2.45) is 0 Å². The molecule has 0 spiro atoms. The van der Waals surface area contributed by atoms with E-state index in [1.54, 1.807) is 0 Å². The number of hydrogen-bond acceptors (Lipinski definition) is 1. The summed E-state index contributed by atoms with van der Waals surface area (Å²) in [5, 5.41) is 8.72. The van der Waals surface area contributed by atoms with Gasteiger partial charge in [0.25, 0.3) is 0 Å². The van der Waals surface area contributed by atoms with Crippen molar-refractivity contribution in [1.29, 1.82) is 0 Å². The lowest BCUT2D eigenvalue weighted by Crippen LogP contribution is -1.97. The van der Waals surface area contributed by atoms with Crippen LogP contribution in [0.15, 0.2) is 78.9 Å². The van der Waals surface area contributed by atoms with E-state index >= 15 is 0 Å². The minimum Gasteiger partial charge on any atom is -0.481 e. The van der Waals surface area contributed by atoms with E-state index in [0.717, 1.165) is 11.1 Å². The van der Waals surface area contributed by atoms with E-state index in [9.17, 15) is 4.79 Å². The lowest BCUT2D eigenvalue weighted by Gasteiger charge is -2.00. The van der Waals surface area contributed by atoms with Gasteiger partial charge in [0.1, 0.15) is 0 Å². The van der Waals surface area contributed by atoms with Crippen LogP contribution in [0, 0.1) is 0 Å². The number of hydrogen-bond donors (Lipinski definition) is 1. The zero-order valence-electron chi connectivity index (χ0n) is 12.9. The van der Waals surface area contributed by atoms with Crippen LogP contribution in [-0.2, 0) is 11.2 Å². The second kappa shape index (κ2) is 9.21. The van der Waals surface area contributed by atoms with Gasteiger partial charge in [0.15, 0.2) is 0 Å². The monoisotopic (exact) mass is 304 g/mol. The van der Waals surface area contributed by atoms with Crippen molar-refractivity contribution < 1.29 is 9.90 Å². The van der Waals surface area contributed by atoms with Crippen LogP contribution >= 0.6 is 0 Å². The minimum atomic E-state index is -0.765. The van der Waals surface area contributed by atoms with E-state index in [2.05, 4.69) is 18.2 Å². The van der Waals surface area contributed by atoms with Gasteiger partial charge in [-0.15, -0.1) is 0 Å². The molecule has 2 aromatic rings. The van der Waals surface area contributed by atoms with Crippen LogP contribution in [0.4, 0.5) is 0 Å². The molecule has 0 saturated heterocycles. The fraction of sp³-hybridized carbons (Fsp3) is 0.0952. The van der Waals surface area contributed by atoms with Gasteiger partial charge in [-0.05, 0) is 23.1 Å². The molecular weight excluding hydrogens is 284 g/mol. The summed E-state index contributed by atoms with van der Waals surface area (Å²) in [5.74, 6) is -0.765. The molecule has 0 aliphatic carbocycles. The highest BCUT2D eigenvalue weighted by Gasteiger charge is 1.98. The molecule has 0 aromatic heterocycles. The third kappa shape index (κ3) is 6.62. The molecule has 0 aliphatic rings. The Hall–Kier alpha value is -2.87. The van der Waals surface area contributed by atoms with Crippen LogP contribution in [0.3, 0.4) is 0 Å². The zero-order valence-corrected chi connectivity index (χ0v) is 12.9. The number of benzene rings is 2. The molecule has 0 fully saturated rings. The molecule has 0 bridgehead atoms. The Morgan fingerprint density at radius 3 is 2.17 bits per heavy atom. The molecule has 0 saturated carbocycles. The minimum absolute atomic E-state index is 0.164. The second-order valence-corrected chi connectivity index (χ2v) is 5.15. The largest absolute Gasteiger partial charge is 0.481 e. The lowest BCUT2D eigenvalue weighted by atomic mass is 10.1. The Morgan fingerprint density at radius 2 is 1.48 bits per heavy atom. The SMILES string of the molecule is O=C(O)CCc1cccc(C=CC=CC=Cc2ccccc2)c1. The Kier molecular flexibility index (Phi) is 6.61. The van der Waals surface area contributed by atoms with Crippen molar-refractivity contribution >= 4 is 18.1 Å². The summed E-state index contributed by atoms with van der Waals surface area (Å²) in [6.07, 6.45) is 12.7. The maximum atomic E-state index is 10.6. The highest BCUT2D eigenvalue weighted by molar-refractivity contribution is 5.67. The van der Waals surface area contributed by atoms with Crippen LogP contribution < -0.4 is 0 Å². The van der Waals surface area contributed by atoms with Crippen molar-refractivity contribution in [3.63, 3.8) is 0 Å². The molecule has 2 aromatic carbocycles. The number of carboxylic acid groups (broad SMARTS) is 1. The molecule has 1 N–H and O–H groups in total. The molecule has 2 nitrogen and oxygen atoms in total. The quantitative estimate of drug-likeness (QED) is 0.732. The molecule has 0 heterocycles. The average Bonchev–Trinajstić information content (AvgIpc) is 2.57. The number of carboxylic acids is 1. The van der Waals surface area contributed by atoms with E-state index in [1.807, 2.05) is 72.8 Å². The Morgan fingerprint density at radius 1 is 0.826 bits per heavy atom. The number of allylic oxidation sites excluding steroid dienone is 4. The van der Waals surface area contributed by atoms with Crippen LogP contribution in [0.25, 0.3) is 12.2 Å². The molecule has 0 radical (unpaired) electrons. The summed E-state index contributed by atoms with van der Waals surface area (Å²) in [5.41, 5.74) is 3.29. The van der Waals surface area contributed by atoms with Crippen molar-refractivity contribution in [1.82, 2.24) is 0 Å². The van der Waals surface area contributed by atoms with Crippen LogP contribution in [0.2, 0.25) is 0 Å². The van der Waals surface area contributed by atoms with E-state index in [1.165, 1.54) is 5.56 Å². The van der Waals surface area contributed by atoms with E-state index in [0.29, 0.717) is 6.42 Å². The smallest absolute Gasteiger partial charge is 0.303 e. The zero-order chi connectivity index (χ0) is 16.3. The summed E-state index contributed by atoms with van der Waals surface area (Å²) >= 11 is 0. The van der Waals surface area contributed by atoms with Gasteiger partial charge in [-0.25, -0.2) is 0 Å². The maximum Gasteiger partial charge on any atom is 0.303 e. The number of rotatable bonds is 7. The average molecular weight is 304 g/mol. The first kappa shape index (κ1) is 16.5. The van der Waals surface area contributed by atoms with Crippen LogP contribution in [0.5, 0.6) is 0 Å². The third-order valence-corrected chi connectivity index (χ3v) is 3.29. The highest BCUT2D eigenvalue weighted by atomic mass is 16.4. The Balaban J connectivity index is 1.87. The summed E-state index contributed by atoms with van der Waals surface area (Å²) in [7, 11) is 0. The molecule has 2 heteroatoms. The van der Waals surface area contributed by atoms with E-state index in [4.69, 9.17) is 5.11 Å². The number of aryl methyl sites for hydroxylation is 1. The van der Waals surface area contributed by atoms with Gasteiger partial charge in [-0.3, -0.25) is 4.79 Å². The Labute approximate surface area is 137 Å². The van der Waals surface area contributed by atoms with Crippen LogP contribution in [0.1, 0.15) is 23.1 Å². The predicted octanol–water partition coefficient (Wildman–Crippen LogP) is 4.99. The van der Waals surface area contributed by atoms with Crippen LogP contribution in [-0.4, -0.2) is 11.1 Å². The molecule has 116 valence electrons. The summed E-state index contributed by atoms with van der Waals surface area (Å²) in [6, 6.07) is 18.1.